The minimum atomic E-state index is -1.01. The van der Waals surface area contributed by atoms with Crippen LogP contribution >= 0.6 is 34.5 Å². The normalized spacial score (nSPS) is 10.5. The summed E-state index contributed by atoms with van der Waals surface area (Å²) < 4.78 is 5.47. The van der Waals surface area contributed by atoms with Crippen molar-refractivity contribution in [3.63, 3.8) is 0 Å². The van der Waals surface area contributed by atoms with Crippen LogP contribution in [0.1, 0.15) is 20.4 Å². The molecule has 1 aromatic heterocycles. The van der Waals surface area contributed by atoms with Crippen molar-refractivity contribution in [3.05, 3.63) is 43.8 Å². The van der Waals surface area contributed by atoms with Crippen molar-refractivity contribution in [2.75, 3.05) is 0 Å². The summed E-state index contributed by atoms with van der Waals surface area (Å²) in [5.41, 5.74) is 0.390. The molecule has 1 heterocycles. The highest BCUT2D eigenvalue weighted by Gasteiger charge is 2.16. The van der Waals surface area contributed by atoms with Crippen molar-refractivity contribution in [2.45, 2.75) is 13.5 Å². The first-order valence-electron chi connectivity index (χ1n) is 5.25. The van der Waals surface area contributed by atoms with E-state index in [2.05, 4.69) is 4.98 Å². The zero-order chi connectivity index (χ0) is 14.0. The number of carboxylic acid groups (broad SMARTS) is 1. The summed E-state index contributed by atoms with van der Waals surface area (Å²) in [6.45, 7) is 1.79. The summed E-state index contributed by atoms with van der Waals surface area (Å²) in [7, 11) is 0. The van der Waals surface area contributed by atoms with Crippen LogP contribution in [0.15, 0.2) is 18.2 Å². The first kappa shape index (κ1) is 14.1. The van der Waals surface area contributed by atoms with Crippen LogP contribution in [-0.4, -0.2) is 16.1 Å². The molecule has 0 bridgehead atoms. The van der Waals surface area contributed by atoms with E-state index >= 15 is 0 Å². The third kappa shape index (κ3) is 3.37. The van der Waals surface area contributed by atoms with Crippen molar-refractivity contribution in [1.82, 2.24) is 4.98 Å². The monoisotopic (exact) mass is 317 g/mol. The molecule has 100 valence electrons. The average Bonchev–Trinajstić information content (AvgIpc) is 2.69. The predicted octanol–water partition coefficient (Wildman–Crippen LogP) is 4.04. The molecule has 0 radical (unpaired) electrons. The molecule has 0 aliphatic carbocycles. The topological polar surface area (TPSA) is 59.4 Å². The van der Waals surface area contributed by atoms with Gasteiger partial charge in [-0.3, -0.25) is 0 Å². The average molecular weight is 318 g/mol. The number of benzene rings is 1. The summed E-state index contributed by atoms with van der Waals surface area (Å²) in [6, 6.07) is 4.83. The Morgan fingerprint density at radius 2 is 2.21 bits per heavy atom. The van der Waals surface area contributed by atoms with E-state index in [1.54, 1.807) is 25.1 Å². The summed E-state index contributed by atoms with van der Waals surface area (Å²) in [5, 5.41) is 10.6. The van der Waals surface area contributed by atoms with Gasteiger partial charge in [0, 0.05) is 5.02 Å². The molecule has 0 aliphatic rings. The molecule has 0 aliphatic heterocycles. The second-order valence-electron chi connectivity index (χ2n) is 3.68. The zero-order valence-corrected chi connectivity index (χ0v) is 12.1. The Balaban J connectivity index is 2.16. The van der Waals surface area contributed by atoms with E-state index in [4.69, 9.17) is 33.0 Å². The van der Waals surface area contributed by atoms with Crippen LogP contribution < -0.4 is 4.74 Å². The highest BCUT2D eigenvalue weighted by Crippen LogP contribution is 2.28. The molecular formula is C12H9Cl2NO3S. The molecule has 0 atom stereocenters. The molecule has 7 heteroatoms. The van der Waals surface area contributed by atoms with Crippen molar-refractivity contribution < 1.29 is 14.6 Å². The molecule has 0 spiro atoms. The van der Waals surface area contributed by atoms with Crippen LogP contribution in [0.3, 0.4) is 0 Å². The smallest absolute Gasteiger partial charge is 0.347 e. The molecule has 2 aromatic rings. The van der Waals surface area contributed by atoms with Gasteiger partial charge >= 0.3 is 5.97 Å². The quantitative estimate of drug-likeness (QED) is 0.924. The maximum atomic E-state index is 11.0. The molecule has 0 fully saturated rings. The summed E-state index contributed by atoms with van der Waals surface area (Å²) >= 11 is 12.9. The highest BCUT2D eigenvalue weighted by molar-refractivity contribution is 7.13. The number of carboxylic acids is 1. The Morgan fingerprint density at radius 1 is 1.47 bits per heavy atom. The minimum absolute atomic E-state index is 0.0489. The standard InChI is InChI=1S/C12H9Cl2NO3S/c1-6-15-9(11(19-6)12(16)17)5-18-10-3-2-7(13)4-8(10)14/h2-4H,5H2,1H3,(H,16,17). The van der Waals surface area contributed by atoms with E-state index < -0.39 is 5.97 Å². The molecule has 1 aromatic carbocycles. The maximum Gasteiger partial charge on any atom is 0.347 e. The van der Waals surface area contributed by atoms with Gasteiger partial charge in [0.15, 0.2) is 0 Å². The largest absolute Gasteiger partial charge is 0.486 e. The predicted molar refractivity (Wildman–Crippen MR) is 74.6 cm³/mol. The van der Waals surface area contributed by atoms with Crippen LogP contribution in [0, 0.1) is 6.92 Å². The van der Waals surface area contributed by atoms with Crippen LogP contribution in [0.2, 0.25) is 10.0 Å². The number of hydrogen-bond donors (Lipinski definition) is 1. The third-order valence-electron chi connectivity index (χ3n) is 2.26. The minimum Gasteiger partial charge on any atom is -0.486 e. The molecule has 0 saturated heterocycles. The van der Waals surface area contributed by atoms with E-state index in [1.165, 1.54) is 0 Å². The molecular weight excluding hydrogens is 309 g/mol. The maximum absolute atomic E-state index is 11.0. The fraction of sp³-hybridized carbons (Fsp3) is 0.167. The van der Waals surface area contributed by atoms with Gasteiger partial charge in [0.2, 0.25) is 0 Å². The van der Waals surface area contributed by atoms with E-state index in [9.17, 15) is 4.79 Å². The van der Waals surface area contributed by atoms with Crippen LogP contribution in [0.4, 0.5) is 0 Å². The third-order valence-corrected chi connectivity index (χ3v) is 3.79. The van der Waals surface area contributed by atoms with Gasteiger partial charge in [0.1, 0.15) is 22.9 Å². The first-order chi connectivity index (χ1) is 8.97. The van der Waals surface area contributed by atoms with Crippen molar-refractivity contribution in [3.8, 4) is 5.75 Å². The van der Waals surface area contributed by atoms with E-state index in [0.717, 1.165) is 11.3 Å². The van der Waals surface area contributed by atoms with Gasteiger partial charge in [0.05, 0.1) is 10.0 Å². The molecule has 19 heavy (non-hydrogen) atoms. The van der Waals surface area contributed by atoms with Gasteiger partial charge < -0.3 is 9.84 Å². The summed E-state index contributed by atoms with van der Waals surface area (Å²) in [5.74, 6) is -0.570. The first-order valence-corrected chi connectivity index (χ1v) is 6.82. The Hall–Kier alpha value is -1.30. The van der Waals surface area contributed by atoms with Gasteiger partial charge in [0.25, 0.3) is 0 Å². The molecule has 0 amide bonds. The fourth-order valence-electron chi connectivity index (χ4n) is 1.47. The number of nitrogens with zero attached hydrogens (tertiary/aromatic N) is 1. The lowest BCUT2D eigenvalue weighted by molar-refractivity contribution is 0.0699. The van der Waals surface area contributed by atoms with E-state index in [1.807, 2.05) is 0 Å². The van der Waals surface area contributed by atoms with Crippen LogP contribution in [0.5, 0.6) is 5.75 Å². The lowest BCUT2D eigenvalue weighted by atomic mass is 10.3. The number of thiazole rings is 1. The van der Waals surface area contributed by atoms with Crippen LogP contribution in [-0.2, 0) is 6.61 Å². The lowest BCUT2D eigenvalue weighted by Gasteiger charge is -2.07. The number of aromatic carboxylic acids is 1. The summed E-state index contributed by atoms with van der Waals surface area (Å²) in [6.07, 6.45) is 0. The van der Waals surface area contributed by atoms with Gasteiger partial charge in [-0.05, 0) is 25.1 Å². The van der Waals surface area contributed by atoms with Crippen molar-refractivity contribution in [2.24, 2.45) is 0 Å². The SMILES string of the molecule is Cc1nc(COc2ccc(Cl)cc2Cl)c(C(=O)O)s1. The van der Waals surface area contributed by atoms with E-state index in [0.29, 0.717) is 26.5 Å². The van der Waals surface area contributed by atoms with E-state index in [-0.39, 0.29) is 11.5 Å². The summed E-state index contributed by atoms with van der Waals surface area (Å²) in [4.78, 5) is 15.4. The number of aryl methyl sites for hydroxylation is 1. The number of carbonyl (C=O) groups is 1. The highest BCUT2D eigenvalue weighted by atomic mass is 35.5. The number of ether oxygens (including phenoxy) is 1. The Kier molecular flexibility index (Phi) is 4.29. The number of hydrogen-bond acceptors (Lipinski definition) is 4. The van der Waals surface area contributed by atoms with Crippen molar-refractivity contribution >= 4 is 40.5 Å². The number of aromatic nitrogens is 1. The van der Waals surface area contributed by atoms with Crippen LogP contribution in [0.25, 0.3) is 0 Å². The second-order valence-corrected chi connectivity index (χ2v) is 5.72. The van der Waals surface area contributed by atoms with Gasteiger partial charge in [-0.15, -0.1) is 11.3 Å². The molecule has 1 N–H and O–H groups in total. The second kappa shape index (κ2) is 5.77. The fourth-order valence-corrected chi connectivity index (χ4v) is 2.70. The lowest BCUT2D eigenvalue weighted by Crippen LogP contribution is -2.03. The molecule has 4 nitrogen and oxygen atoms in total. The van der Waals surface area contributed by atoms with Crippen molar-refractivity contribution in [1.29, 1.82) is 0 Å². The molecule has 0 saturated carbocycles. The van der Waals surface area contributed by atoms with Gasteiger partial charge in [-0.1, -0.05) is 23.2 Å². The molecule has 2 rings (SSSR count). The Morgan fingerprint density at radius 3 is 2.84 bits per heavy atom. The Labute approximate surface area is 123 Å². The number of halogens is 2. The van der Waals surface area contributed by atoms with Gasteiger partial charge in [-0.2, -0.15) is 0 Å². The number of rotatable bonds is 4. The van der Waals surface area contributed by atoms with Gasteiger partial charge in [-0.25, -0.2) is 9.78 Å². The Bertz CT molecular complexity index is 627. The molecule has 0 unspecified atom stereocenters. The zero-order valence-electron chi connectivity index (χ0n) is 9.81.